The third-order valence-corrected chi connectivity index (χ3v) is 4.69. The molecule has 0 spiro atoms. The van der Waals surface area contributed by atoms with Crippen molar-refractivity contribution in [3.05, 3.63) is 65.5 Å². The Hall–Kier alpha value is -2.98. The summed E-state index contributed by atoms with van der Waals surface area (Å²) in [4.78, 5) is 23.4. The Balaban J connectivity index is 1.64. The molecular weight excluding hydrogens is 387 g/mol. The summed E-state index contributed by atoms with van der Waals surface area (Å²) in [5.41, 5.74) is 1.56. The first-order valence-electron chi connectivity index (χ1n) is 8.38. The average Bonchev–Trinajstić information content (AvgIpc) is 2.65. The van der Waals surface area contributed by atoms with Crippen LogP contribution in [0.2, 0.25) is 0 Å². The SMILES string of the molecule is NS(=O)(=O)c1ccc(CCNC(=O)CNC(=O)NCc2ccc(F)cc2)cc1. The second kappa shape index (κ2) is 9.81. The maximum atomic E-state index is 12.8. The summed E-state index contributed by atoms with van der Waals surface area (Å²) in [5, 5.41) is 12.7. The summed E-state index contributed by atoms with van der Waals surface area (Å²) in [6.07, 6.45) is 0.493. The Morgan fingerprint density at radius 2 is 1.50 bits per heavy atom. The molecule has 10 heteroatoms. The van der Waals surface area contributed by atoms with E-state index in [4.69, 9.17) is 5.14 Å². The molecule has 0 bridgehead atoms. The summed E-state index contributed by atoms with van der Waals surface area (Å²) < 4.78 is 35.2. The van der Waals surface area contributed by atoms with E-state index in [-0.39, 0.29) is 29.7 Å². The van der Waals surface area contributed by atoms with Gasteiger partial charge in [0.05, 0.1) is 11.4 Å². The summed E-state index contributed by atoms with van der Waals surface area (Å²) in [6, 6.07) is 11.2. The van der Waals surface area contributed by atoms with Crippen LogP contribution in [0.25, 0.3) is 0 Å². The van der Waals surface area contributed by atoms with Crippen LogP contribution in [0.15, 0.2) is 53.4 Å². The first-order valence-corrected chi connectivity index (χ1v) is 9.93. The Kier molecular flexibility index (Phi) is 7.47. The Morgan fingerprint density at radius 1 is 0.893 bits per heavy atom. The largest absolute Gasteiger partial charge is 0.354 e. The van der Waals surface area contributed by atoms with Gasteiger partial charge in [0.2, 0.25) is 15.9 Å². The Morgan fingerprint density at radius 3 is 2.11 bits per heavy atom. The van der Waals surface area contributed by atoms with E-state index in [0.29, 0.717) is 13.0 Å². The van der Waals surface area contributed by atoms with Gasteiger partial charge in [-0.05, 0) is 41.8 Å². The van der Waals surface area contributed by atoms with Gasteiger partial charge in [-0.15, -0.1) is 0 Å². The van der Waals surface area contributed by atoms with Crippen molar-refractivity contribution >= 4 is 22.0 Å². The highest BCUT2D eigenvalue weighted by Gasteiger charge is 2.08. The minimum absolute atomic E-state index is 0.0242. The number of carbonyl (C=O) groups is 2. The lowest BCUT2D eigenvalue weighted by Crippen LogP contribution is -2.42. The molecule has 2 aromatic carbocycles. The molecule has 28 heavy (non-hydrogen) atoms. The topological polar surface area (TPSA) is 130 Å². The molecule has 0 heterocycles. The molecule has 0 aliphatic carbocycles. The standard InChI is InChI=1S/C18H21FN4O4S/c19-15-5-1-14(2-6-15)11-22-18(25)23-12-17(24)21-10-9-13-3-7-16(8-4-13)28(20,26)27/h1-8H,9-12H2,(H,21,24)(H2,20,26,27)(H2,22,23,25). The number of halogens is 1. The van der Waals surface area contributed by atoms with Crippen LogP contribution in [0, 0.1) is 5.82 Å². The number of urea groups is 1. The first-order chi connectivity index (χ1) is 13.2. The predicted molar refractivity (Wildman–Crippen MR) is 101 cm³/mol. The van der Waals surface area contributed by atoms with Crippen LogP contribution in [0.1, 0.15) is 11.1 Å². The van der Waals surface area contributed by atoms with Gasteiger partial charge in [0.1, 0.15) is 5.82 Å². The fourth-order valence-corrected chi connectivity index (χ4v) is 2.78. The van der Waals surface area contributed by atoms with Gasteiger partial charge in [-0.3, -0.25) is 4.79 Å². The van der Waals surface area contributed by atoms with Crippen molar-refractivity contribution in [2.45, 2.75) is 17.9 Å². The fraction of sp³-hybridized carbons (Fsp3) is 0.222. The zero-order valence-electron chi connectivity index (χ0n) is 14.9. The number of nitrogens with one attached hydrogen (secondary N) is 3. The highest BCUT2D eigenvalue weighted by atomic mass is 32.2. The van der Waals surface area contributed by atoms with E-state index in [2.05, 4.69) is 16.0 Å². The molecule has 0 unspecified atom stereocenters. The van der Waals surface area contributed by atoms with Crippen LogP contribution >= 0.6 is 0 Å². The molecular formula is C18H21FN4O4S. The van der Waals surface area contributed by atoms with E-state index in [9.17, 15) is 22.4 Å². The first kappa shape index (κ1) is 21.3. The third kappa shape index (κ3) is 7.33. The van der Waals surface area contributed by atoms with Crippen LogP contribution in [-0.4, -0.2) is 33.4 Å². The van der Waals surface area contributed by atoms with Crippen LogP contribution in [0.3, 0.4) is 0 Å². The maximum absolute atomic E-state index is 12.8. The number of rotatable bonds is 8. The van der Waals surface area contributed by atoms with E-state index >= 15 is 0 Å². The zero-order chi connectivity index (χ0) is 20.6. The molecule has 0 fully saturated rings. The van der Waals surface area contributed by atoms with Crippen molar-refractivity contribution in [1.82, 2.24) is 16.0 Å². The van der Waals surface area contributed by atoms with E-state index in [1.165, 1.54) is 24.3 Å². The highest BCUT2D eigenvalue weighted by Crippen LogP contribution is 2.08. The third-order valence-electron chi connectivity index (χ3n) is 3.76. The second-order valence-electron chi connectivity index (χ2n) is 5.95. The predicted octanol–water partition coefficient (Wildman–Crippen LogP) is 0.631. The van der Waals surface area contributed by atoms with Gasteiger partial charge in [-0.1, -0.05) is 24.3 Å². The van der Waals surface area contributed by atoms with Crippen molar-refractivity contribution in [2.24, 2.45) is 5.14 Å². The van der Waals surface area contributed by atoms with E-state index < -0.39 is 16.1 Å². The number of primary sulfonamides is 1. The minimum Gasteiger partial charge on any atom is -0.354 e. The maximum Gasteiger partial charge on any atom is 0.315 e. The molecule has 0 aromatic heterocycles. The monoisotopic (exact) mass is 408 g/mol. The molecule has 0 saturated heterocycles. The van der Waals surface area contributed by atoms with Crippen molar-refractivity contribution in [1.29, 1.82) is 0 Å². The van der Waals surface area contributed by atoms with Crippen LogP contribution in [-0.2, 0) is 27.8 Å². The van der Waals surface area contributed by atoms with E-state index in [1.807, 2.05) is 0 Å². The lowest BCUT2D eigenvalue weighted by molar-refractivity contribution is -0.120. The van der Waals surface area contributed by atoms with Gasteiger partial charge in [0.25, 0.3) is 0 Å². The van der Waals surface area contributed by atoms with Gasteiger partial charge >= 0.3 is 6.03 Å². The Labute approximate surface area is 162 Å². The quantitative estimate of drug-likeness (QED) is 0.510. The highest BCUT2D eigenvalue weighted by molar-refractivity contribution is 7.89. The van der Waals surface area contributed by atoms with Crippen LogP contribution in [0.4, 0.5) is 9.18 Å². The van der Waals surface area contributed by atoms with Gasteiger partial charge in [-0.2, -0.15) is 0 Å². The molecule has 0 aliphatic heterocycles. The molecule has 3 amide bonds. The lowest BCUT2D eigenvalue weighted by atomic mass is 10.1. The number of carbonyl (C=O) groups excluding carboxylic acids is 2. The summed E-state index contributed by atoms with van der Waals surface area (Å²) in [7, 11) is -3.73. The number of hydrogen-bond acceptors (Lipinski definition) is 4. The number of amides is 3. The fourth-order valence-electron chi connectivity index (χ4n) is 2.26. The second-order valence-corrected chi connectivity index (χ2v) is 7.51. The molecule has 8 nitrogen and oxygen atoms in total. The van der Waals surface area contributed by atoms with Crippen LogP contribution < -0.4 is 21.1 Å². The van der Waals surface area contributed by atoms with Gasteiger partial charge in [0.15, 0.2) is 0 Å². The Bertz CT molecular complexity index is 916. The minimum atomic E-state index is -3.73. The molecule has 150 valence electrons. The van der Waals surface area contributed by atoms with E-state index in [0.717, 1.165) is 11.1 Å². The lowest BCUT2D eigenvalue weighted by Gasteiger charge is -2.09. The zero-order valence-corrected chi connectivity index (χ0v) is 15.8. The van der Waals surface area contributed by atoms with Gasteiger partial charge in [-0.25, -0.2) is 22.7 Å². The summed E-state index contributed by atoms with van der Waals surface area (Å²) in [5.74, 6) is -0.719. The average molecular weight is 408 g/mol. The van der Waals surface area contributed by atoms with E-state index in [1.54, 1.807) is 24.3 Å². The molecule has 2 aromatic rings. The smallest absolute Gasteiger partial charge is 0.315 e. The van der Waals surface area contributed by atoms with Crippen molar-refractivity contribution in [3.8, 4) is 0 Å². The molecule has 0 radical (unpaired) electrons. The molecule has 0 saturated carbocycles. The number of nitrogens with two attached hydrogens (primary N) is 1. The summed E-state index contributed by atoms with van der Waals surface area (Å²) in [6.45, 7) is 0.342. The normalized spacial score (nSPS) is 10.9. The molecule has 2 rings (SSSR count). The van der Waals surface area contributed by atoms with Crippen molar-refractivity contribution in [3.63, 3.8) is 0 Å². The molecule has 5 N–H and O–H groups in total. The van der Waals surface area contributed by atoms with Crippen LogP contribution in [0.5, 0.6) is 0 Å². The van der Waals surface area contributed by atoms with Gasteiger partial charge in [0, 0.05) is 13.1 Å². The summed E-state index contributed by atoms with van der Waals surface area (Å²) >= 11 is 0. The number of benzene rings is 2. The van der Waals surface area contributed by atoms with Gasteiger partial charge < -0.3 is 16.0 Å². The van der Waals surface area contributed by atoms with Crippen molar-refractivity contribution in [2.75, 3.05) is 13.1 Å². The van der Waals surface area contributed by atoms with Crippen molar-refractivity contribution < 1.29 is 22.4 Å². The number of hydrogen-bond donors (Lipinski definition) is 4. The number of sulfonamides is 1. The molecule has 0 atom stereocenters. The molecule has 0 aliphatic rings.